The Bertz CT molecular complexity index is 1010. The highest BCUT2D eigenvalue weighted by Gasteiger charge is 2.19. The van der Waals surface area contributed by atoms with Crippen molar-refractivity contribution in [2.45, 2.75) is 50.2 Å². The number of hydrogen-bond donors (Lipinski definition) is 1. The van der Waals surface area contributed by atoms with E-state index >= 15 is 0 Å². The van der Waals surface area contributed by atoms with Gasteiger partial charge in [-0.2, -0.15) is 0 Å². The van der Waals surface area contributed by atoms with Crippen molar-refractivity contribution in [2.75, 3.05) is 5.75 Å². The van der Waals surface area contributed by atoms with Gasteiger partial charge in [-0.1, -0.05) is 78.5 Å². The fraction of sp³-hybridized carbons (Fsp3) is 0.348. The molecule has 0 aliphatic heterocycles. The van der Waals surface area contributed by atoms with Crippen molar-refractivity contribution in [1.82, 2.24) is 20.1 Å². The number of rotatable bonds is 6. The predicted octanol–water partition coefficient (Wildman–Crippen LogP) is 5.44. The smallest absolute Gasteiger partial charge is 0.230 e. The third kappa shape index (κ3) is 5.05. The lowest BCUT2D eigenvalue weighted by molar-refractivity contribution is -0.119. The minimum atomic E-state index is 0.0458. The van der Waals surface area contributed by atoms with Crippen molar-refractivity contribution < 1.29 is 4.79 Å². The number of carbonyl (C=O) groups excluding carboxylic acids is 1. The van der Waals surface area contributed by atoms with Gasteiger partial charge in [0.15, 0.2) is 11.0 Å². The molecule has 1 saturated carbocycles. The van der Waals surface area contributed by atoms with Crippen LogP contribution in [0.5, 0.6) is 0 Å². The lowest BCUT2D eigenvalue weighted by atomic mass is 9.95. The quantitative estimate of drug-likeness (QED) is 0.518. The van der Waals surface area contributed by atoms with E-state index in [1.165, 1.54) is 36.6 Å². The Kier molecular flexibility index (Phi) is 6.75. The molecule has 0 spiro atoms. The van der Waals surface area contributed by atoms with Crippen LogP contribution in [0.1, 0.15) is 37.7 Å². The Morgan fingerprint density at radius 3 is 2.63 bits per heavy atom. The molecule has 1 aliphatic rings. The summed E-state index contributed by atoms with van der Waals surface area (Å²) in [4.78, 5) is 12.5. The van der Waals surface area contributed by atoms with E-state index in [4.69, 9.17) is 11.6 Å². The van der Waals surface area contributed by atoms with E-state index in [-0.39, 0.29) is 5.91 Å². The predicted molar refractivity (Wildman–Crippen MR) is 122 cm³/mol. The van der Waals surface area contributed by atoms with Gasteiger partial charge in [0.2, 0.25) is 5.91 Å². The van der Waals surface area contributed by atoms with Gasteiger partial charge in [-0.25, -0.2) is 0 Å². The molecule has 0 saturated heterocycles. The third-order valence-electron chi connectivity index (χ3n) is 5.31. The monoisotopic (exact) mass is 440 g/mol. The van der Waals surface area contributed by atoms with Crippen molar-refractivity contribution in [3.63, 3.8) is 0 Å². The first-order valence-electron chi connectivity index (χ1n) is 10.3. The lowest BCUT2D eigenvalue weighted by Gasteiger charge is -2.22. The number of aryl methyl sites for hydroxylation is 1. The van der Waals surface area contributed by atoms with Crippen LogP contribution in [0, 0.1) is 6.92 Å². The van der Waals surface area contributed by atoms with Gasteiger partial charge in [-0.3, -0.25) is 9.36 Å². The molecule has 0 atom stereocenters. The van der Waals surface area contributed by atoms with Crippen LogP contribution in [0.15, 0.2) is 53.7 Å². The summed E-state index contributed by atoms with van der Waals surface area (Å²) in [5.74, 6) is 1.08. The van der Waals surface area contributed by atoms with Crippen LogP contribution in [-0.4, -0.2) is 32.5 Å². The number of nitrogens with zero attached hydrogens (tertiary/aromatic N) is 3. The number of hydrogen-bond acceptors (Lipinski definition) is 4. The van der Waals surface area contributed by atoms with Gasteiger partial charge in [-0.15, -0.1) is 10.2 Å². The summed E-state index contributed by atoms with van der Waals surface area (Å²) in [6.45, 7) is 2.05. The maximum atomic E-state index is 12.5. The third-order valence-corrected chi connectivity index (χ3v) is 6.48. The van der Waals surface area contributed by atoms with Crippen LogP contribution in [0.25, 0.3) is 17.1 Å². The van der Waals surface area contributed by atoms with Gasteiger partial charge in [0.1, 0.15) is 0 Å². The van der Waals surface area contributed by atoms with E-state index in [1.807, 2.05) is 41.0 Å². The minimum Gasteiger partial charge on any atom is -0.353 e. The van der Waals surface area contributed by atoms with Gasteiger partial charge in [0.25, 0.3) is 0 Å². The SMILES string of the molecule is Cc1ccc(-c2nnc(SCC(=O)NC3CCCCC3)n2-c2cccc(Cl)c2)cc1. The molecule has 1 N–H and O–H groups in total. The molecule has 1 heterocycles. The first-order valence-corrected chi connectivity index (χ1v) is 11.7. The fourth-order valence-corrected chi connectivity index (χ4v) is 4.69. The highest BCUT2D eigenvalue weighted by Crippen LogP contribution is 2.29. The zero-order chi connectivity index (χ0) is 20.9. The second-order valence-corrected chi connectivity index (χ2v) is 9.06. The average Bonchev–Trinajstić information content (AvgIpc) is 3.17. The summed E-state index contributed by atoms with van der Waals surface area (Å²) in [6, 6.07) is 16.1. The molecule has 1 aromatic heterocycles. The molecule has 7 heteroatoms. The van der Waals surface area contributed by atoms with E-state index in [2.05, 4.69) is 34.6 Å². The molecule has 0 bridgehead atoms. The zero-order valence-corrected chi connectivity index (χ0v) is 18.5. The fourth-order valence-electron chi connectivity index (χ4n) is 3.75. The number of amides is 1. The van der Waals surface area contributed by atoms with Crippen molar-refractivity contribution in [2.24, 2.45) is 0 Å². The van der Waals surface area contributed by atoms with Crippen molar-refractivity contribution in [3.8, 4) is 17.1 Å². The van der Waals surface area contributed by atoms with E-state index in [0.29, 0.717) is 22.0 Å². The molecule has 156 valence electrons. The van der Waals surface area contributed by atoms with Gasteiger partial charge >= 0.3 is 0 Å². The largest absolute Gasteiger partial charge is 0.353 e. The summed E-state index contributed by atoms with van der Waals surface area (Å²) < 4.78 is 1.97. The molecule has 4 rings (SSSR count). The number of aromatic nitrogens is 3. The molecule has 30 heavy (non-hydrogen) atoms. The van der Waals surface area contributed by atoms with Crippen LogP contribution in [0.3, 0.4) is 0 Å². The molecule has 1 amide bonds. The van der Waals surface area contributed by atoms with E-state index < -0.39 is 0 Å². The Balaban J connectivity index is 1.58. The van der Waals surface area contributed by atoms with Crippen LogP contribution >= 0.6 is 23.4 Å². The summed E-state index contributed by atoms with van der Waals surface area (Å²) in [6.07, 6.45) is 5.81. The number of benzene rings is 2. The Morgan fingerprint density at radius 2 is 1.90 bits per heavy atom. The molecule has 1 fully saturated rings. The van der Waals surface area contributed by atoms with Crippen LogP contribution in [-0.2, 0) is 4.79 Å². The van der Waals surface area contributed by atoms with Crippen molar-refractivity contribution in [3.05, 3.63) is 59.1 Å². The van der Waals surface area contributed by atoms with Crippen molar-refractivity contribution in [1.29, 1.82) is 0 Å². The average molecular weight is 441 g/mol. The molecular weight excluding hydrogens is 416 g/mol. The van der Waals surface area contributed by atoms with Gasteiger partial charge in [-0.05, 0) is 38.0 Å². The molecule has 0 unspecified atom stereocenters. The highest BCUT2D eigenvalue weighted by atomic mass is 35.5. The summed E-state index contributed by atoms with van der Waals surface area (Å²) in [5, 5.41) is 13.3. The maximum Gasteiger partial charge on any atom is 0.230 e. The maximum absolute atomic E-state index is 12.5. The van der Waals surface area contributed by atoms with E-state index in [1.54, 1.807) is 0 Å². The van der Waals surface area contributed by atoms with E-state index in [0.717, 1.165) is 29.9 Å². The molecule has 3 aromatic rings. The molecule has 2 aromatic carbocycles. The molecule has 0 radical (unpaired) electrons. The lowest BCUT2D eigenvalue weighted by Crippen LogP contribution is -2.37. The van der Waals surface area contributed by atoms with Crippen LogP contribution in [0.4, 0.5) is 0 Å². The molecule has 5 nitrogen and oxygen atoms in total. The first-order chi connectivity index (χ1) is 14.6. The Morgan fingerprint density at radius 1 is 1.13 bits per heavy atom. The standard InChI is InChI=1S/C23H25ClN4OS/c1-16-10-12-17(13-11-16)22-26-27-23(28(22)20-9-5-6-18(24)14-20)30-15-21(29)25-19-7-3-2-4-8-19/h5-6,9-14,19H,2-4,7-8,15H2,1H3,(H,25,29). The summed E-state index contributed by atoms with van der Waals surface area (Å²) >= 11 is 7.64. The van der Waals surface area contributed by atoms with Gasteiger partial charge in [0.05, 0.1) is 11.4 Å². The second-order valence-electron chi connectivity index (χ2n) is 7.68. The van der Waals surface area contributed by atoms with Crippen LogP contribution in [0.2, 0.25) is 5.02 Å². The Hall–Kier alpha value is -2.31. The van der Waals surface area contributed by atoms with Gasteiger partial charge in [0, 0.05) is 16.6 Å². The zero-order valence-electron chi connectivity index (χ0n) is 17.0. The Labute approximate surface area is 186 Å². The van der Waals surface area contributed by atoms with Gasteiger partial charge < -0.3 is 5.32 Å². The summed E-state index contributed by atoms with van der Waals surface area (Å²) in [7, 11) is 0. The topological polar surface area (TPSA) is 59.8 Å². The second kappa shape index (κ2) is 9.67. The number of carbonyl (C=O) groups is 1. The number of thioether (sulfide) groups is 1. The van der Waals surface area contributed by atoms with E-state index in [9.17, 15) is 4.79 Å². The summed E-state index contributed by atoms with van der Waals surface area (Å²) in [5.41, 5.74) is 3.02. The highest BCUT2D eigenvalue weighted by molar-refractivity contribution is 7.99. The minimum absolute atomic E-state index is 0.0458. The normalized spacial score (nSPS) is 14.6. The number of halogens is 1. The first kappa shape index (κ1) is 20.9. The van der Waals surface area contributed by atoms with Crippen molar-refractivity contribution >= 4 is 29.3 Å². The molecule has 1 aliphatic carbocycles. The van der Waals surface area contributed by atoms with Crippen LogP contribution < -0.4 is 5.32 Å². The number of nitrogens with one attached hydrogen (secondary N) is 1. The molecular formula is C23H25ClN4OS.